The van der Waals surface area contributed by atoms with Gasteiger partial charge in [0.2, 0.25) is 10.0 Å². The molecule has 25 heavy (non-hydrogen) atoms. The van der Waals surface area contributed by atoms with E-state index in [-0.39, 0.29) is 11.4 Å². The molecule has 0 saturated heterocycles. The van der Waals surface area contributed by atoms with Crippen molar-refractivity contribution in [3.8, 4) is 24.7 Å². The summed E-state index contributed by atoms with van der Waals surface area (Å²) in [6.07, 6.45) is 11.7. The molecule has 0 spiro atoms. The topological polar surface area (TPSA) is 46.2 Å². The van der Waals surface area contributed by atoms with E-state index in [4.69, 9.17) is 12.8 Å². The molecular formula is C21H21NO2S. The Morgan fingerprint density at radius 2 is 1.40 bits per heavy atom. The number of hydrogen-bond acceptors (Lipinski definition) is 2. The van der Waals surface area contributed by atoms with Gasteiger partial charge in [-0.1, -0.05) is 59.4 Å². The lowest BCUT2D eigenvalue weighted by Gasteiger charge is -2.23. The fourth-order valence-electron chi connectivity index (χ4n) is 2.51. The van der Waals surface area contributed by atoms with Crippen molar-refractivity contribution in [2.24, 2.45) is 0 Å². The van der Waals surface area contributed by atoms with E-state index in [2.05, 4.69) is 16.6 Å². The zero-order valence-corrected chi connectivity index (χ0v) is 15.2. The van der Waals surface area contributed by atoms with E-state index in [0.29, 0.717) is 6.42 Å². The number of terminal acetylenes is 2. The highest BCUT2D eigenvalue weighted by molar-refractivity contribution is 7.89. The summed E-state index contributed by atoms with van der Waals surface area (Å²) in [6.45, 7) is 4.03. The maximum atomic E-state index is 12.4. The molecule has 0 aromatic heterocycles. The van der Waals surface area contributed by atoms with Crippen molar-refractivity contribution in [3.05, 3.63) is 65.2 Å². The van der Waals surface area contributed by atoms with E-state index >= 15 is 0 Å². The molecule has 0 aliphatic rings. The van der Waals surface area contributed by atoms with Crippen molar-refractivity contribution in [1.29, 1.82) is 0 Å². The third-order valence-electron chi connectivity index (χ3n) is 4.16. The van der Waals surface area contributed by atoms with Crippen molar-refractivity contribution in [2.45, 2.75) is 30.6 Å². The van der Waals surface area contributed by atoms with E-state index < -0.39 is 15.4 Å². The molecule has 0 unspecified atom stereocenters. The van der Waals surface area contributed by atoms with Gasteiger partial charge in [0.1, 0.15) is 5.41 Å². The van der Waals surface area contributed by atoms with Gasteiger partial charge in [-0.2, -0.15) is 0 Å². The Bertz CT molecular complexity index is 898. The molecule has 2 rings (SSSR count). The summed E-state index contributed by atoms with van der Waals surface area (Å²) < 4.78 is 27.3. The number of rotatable bonds is 6. The first-order valence-electron chi connectivity index (χ1n) is 7.92. The van der Waals surface area contributed by atoms with Crippen LogP contribution in [0.5, 0.6) is 0 Å². The maximum absolute atomic E-state index is 12.4. The van der Waals surface area contributed by atoms with Crippen LogP contribution in [0.15, 0.2) is 53.4 Å². The molecular weight excluding hydrogens is 330 g/mol. The van der Waals surface area contributed by atoms with Gasteiger partial charge in [-0.15, -0.1) is 12.8 Å². The minimum absolute atomic E-state index is 0.151. The first-order chi connectivity index (χ1) is 11.8. The number of nitrogens with one attached hydrogen (secondary N) is 1. The summed E-state index contributed by atoms with van der Waals surface area (Å²) in [6, 6.07) is 14.3. The molecule has 128 valence electrons. The molecule has 0 bridgehead atoms. The van der Waals surface area contributed by atoms with Gasteiger partial charge in [-0.05, 0) is 38.0 Å². The molecule has 0 aliphatic carbocycles. The average Bonchev–Trinajstić information content (AvgIpc) is 2.60. The predicted octanol–water partition coefficient (Wildman–Crippen LogP) is 3.18. The summed E-state index contributed by atoms with van der Waals surface area (Å²) in [7, 11) is -3.59. The van der Waals surface area contributed by atoms with E-state index in [1.54, 1.807) is 24.3 Å². The zero-order chi connectivity index (χ0) is 18.5. The van der Waals surface area contributed by atoms with Crippen molar-refractivity contribution in [2.75, 3.05) is 6.54 Å². The zero-order valence-electron chi connectivity index (χ0n) is 14.4. The first-order valence-corrected chi connectivity index (χ1v) is 9.40. The van der Waals surface area contributed by atoms with Crippen LogP contribution >= 0.6 is 0 Å². The second-order valence-corrected chi connectivity index (χ2v) is 7.79. The minimum atomic E-state index is -3.59. The molecule has 2 aromatic carbocycles. The predicted molar refractivity (Wildman–Crippen MR) is 102 cm³/mol. The van der Waals surface area contributed by atoms with E-state index in [1.807, 2.05) is 38.1 Å². The normalized spacial score (nSPS) is 11.5. The monoisotopic (exact) mass is 351 g/mol. The van der Waals surface area contributed by atoms with Gasteiger partial charge in [0.25, 0.3) is 0 Å². The lowest BCUT2D eigenvalue weighted by atomic mass is 9.79. The van der Waals surface area contributed by atoms with Gasteiger partial charge in [0, 0.05) is 6.54 Å². The third kappa shape index (κ3) is 4.31. The van der Waals surface area contributed by atoms with Crippen LogP contribution in [-0.2, 0) is 15.4 Å². The van der Waals surface area contributed by atoms with E-state index in [9.17, 15) is 8.42 Å². The molecule has 0 fully saturated rings. The van der Waals surface area contributed by atoms with Crippen LogP contribution in [-0.4, -0.2) is 15.0 Å². The van der Waals surface area contributed by atoms with Crippen molar-refractivity contribution < 1.29 is 8.42 Å². The molecule has 0 saturated carbocycles. The molecule has 0 radical (unpaired) electrons. The Morgan fingerprint density at radius 3 is 1.88 bits per heavy atom. The molecule has 4 heteroatoms. The van der Waals surface area contributed by atoms with Crippen LogP contribution < -0.4 is 4.72 Å². The van der Waals surface area contributed by atoms with Crippen LogP contribution in [0.1, 0.15) is 23.1 Å². The largest absolute Gasteiger partial charge is 0.240 e. The number of sulfonamides is 1. The van der Waals surface area contributed by atoms with E-state index in [0.717, 1.165) is 16.7 Å². The highest BCUT2D eigenvalue weighted by Crippen LogP contribution is 2.27. The Hall–Kier alpha value is -2.53. The van der Waals surface area contributed by atoms with Gasteiger partial charge in [-0.3, -0.25) is 0 Å². The fourth-order valence-corrected chi connectivity index (χ4v) is 3.54. The lowest BCUT2D eigenvalue weighted by Crippen LogP contribution is -2.31. The first kappa shape index (κ1) is 18.8. The highest BCUT2D eigenvalue weighted by Gasteiger charge is 2.28. The Morgan fingerprint density at radius 1 is 0.920 bits per heavy atom. The second kappa shape index (κ2) is 7.57. The number of hydrogen-bond donors (Lipinski definition) is 1. The van der Waals surface area contributed by atoms with Crippen LogP contribution in [0.25, 0.3) is 0 Å². The van der Waals surface area contributed by atoms with Crippen molar-refractivity contribution >= 4 is 10.0 Å². The molecule has 3 nitrogen and oxygen atoms in total. The van der Waals surface area contributed by atoms with Crippen LogP contribution in [0.2, 0.25) is 0 Å². The molecule has 2 aromatic rings. The second-order valence-electron chi connectivity index (χ2n) is 6.02. The Kier molecular flexibility index (Phi) is 5.69. The SMILES string of the molecule is C#CC(C#C)(CCNS(=O)(=O)c1ccc(C)cc1)c1ccc(C)cc1. The Balaban J connectivity index is 2.15. The van der Waals surface area contributed by atoms with Gasteiger partial charge >= 0.3 is 0 Å². The van der Waals surface area contributed by atoms with Gasteiger partial charge in [-0.25, -0.2) is 13.1 Å². The van der Waals surface area contributed by atoms with Gasteiger partial charge in [0.15, 0.2) is 0 Å². The minimum Gasteiger partial charge on any atom is -0.211 e. The van der Waals surface area contributed by atoms with Gasteiger partial charge in [0.05, 0.1) is 4.90 Å². The van der Waals surface area contributed by atoms with Crippen molar-refractivity contribution in [1.82, 2.24) is 4.72 Å². The van der Waals surface area contributed by atoms with Crippen LogP contribution in [0, 0.1) is 38.5 Å². The summed E-state index contributed by atoms with van der Waals surface area (Å²) in [5.74, 6) is 5.33. The highest BCUT2D eigenvalue weighted by atomic mass is 32.2. The Labute approximate surface area is 150 Å². The number of benzene rings is 2. The summed E-state index contributed by atoms with van der Waals surface area (Å²) in [4.78, 5) is 0.223. The van der Waals surface area contributed by atoms with Crippen LogP contribution in [0.3, 0.4) is 0 Å². The quantitative estimate of drug-likeness (QED) is 0.813. The lowest BCUT2D eigenvalue weighted by molar-refractivity contribution is 0.567. The molecule has 0 atom stereocenters. The smallest absolute Gasteiger partial charge is 0.211 e. The summed E-state index contributed by atoms with van der Waals surface area (Å²) >= 11 is 0. The molecule has 0 amide bonds. The van der Waals surface area contributed by atoms with Gasteiger partial charge < -0.3 is 0 Å². The molecule has 0 aliphatic heterocycles. The third-order valence-corrected chi connectivity index (χ3v) is 5.64. The van der Waals surface area contributed by atoms with Crippen LogP contribution in [0.4, 0.5) is 0 Å². The molecule has 0 heterocycles. The molecule has 1 N–H and O–H groups in total. The van der Waals surface area contributed by atoms with Crippen molar-refractivity contribution in [3.63, 3.8) is 0 Å². The standard InChI is InChI=1S/C21H21NO2S/c1-5-21(6-2,19-11-7-17(3)8-12-19)15-16-22-25(23,24)20-13-9-18(4)10-14-20/h1-2,7-14,22H,15-16H2,3-4H3. The van der Waals surface area contributed by atoms with E-state index in [1.165, 1.54) is 0 Å². The fraction of sp³-hybridized carbons (Fsp3) is 0.238. The maximum Gasteiger partial charge on any atom is 0.240 e. The summed E-state index contributed by atoms with van der Waals surface area (Å²) in [5, 5.41) is 0. The number of aryl methyl sites for hydroxylation is 2. The summed E-state index contributed by atoms with van der Waals surface area (Å²) in [5.41, 5.74) is 1.98. The average molecular weight is 351 g/mol.